The number of hydrogen-bond acceptors (Lipinski definition) is 2. The minimum absolute atomic E-state index is 0.235. The SMILES string of the molecule is O=C(CC1CCCC1)N(CCN(Cc1ccccc1)C(=O)CC1CCCC1)Cc1ccccc1. The van der Waals surface area contributed by atoms with Crippen LogP contribution in [0.3, 0.4) is 0 Å². The molecular formula is C30H40N2O2. The highest BCUT2D eigenvalue weighted by Gasteiger charge is 2.25. The van der Waals surface area contributed by atoms with E-state index >= 15 is 0 Å². The third-order valence-corrected chi connectivity index (χ3v) is 7.65. The first kappa shape index (κ1) is 24.5. The molecule has 0 heterocycles. The van der Waals surface area contributed by atoms with Crippen LogP contribution in [0.4, 0.5) is 0 Å². The van der Waals surface area contributed by atoms with E-state index in [4.69, 9.17) is 0 Å². The number of amides is 2. The Labute approximate surface area is 205 Å². The van der Waals surface area contributed by atoms with Gasteiger partial charge >= 0.3 is 0 Å². The maximum absolute atomic E-state index is 13.3. The first-order chi connectivity index (χ1) is 16.7. The van der Waals surface area contributed by atoms with E-state index in [0.717, 1.165) is 11.1 Å². The van der Waals surface area contributed by atoms with E-state index in [-0.39, 0.29) is 11.8 Å². The second-order valence-electron chi connectivity index (χ2n) is 10.3. The number of carbonyl (C=O) groups is 2. The molecule has 0 N–H and O–H groups in total. The molecule has 0 bridgehead atoms. The van der Waals surface area contributed by atoms with Gasteiger partial charge in [-0.15, -0.1) is 0 Å². The Bertz CT molecular complexity index is 811. The van der Waals surface area contributed by atoms with Crippen molar-refractivity contribution in [3.63, 3.8) is 0 Å². The Morgan fingerprint density at radius 2 is 0.941 bits per heavy atom. The van der Waals surface area contributed by atoms with Gasteiger partial charge in [-0.25, -0.2) is 0 Å². The lowest BCUT2D eigenvalue weighted by atomic mass is 10.0. The van der Waals surface area contributed by atoms with Crippen molar-refractivity contribution in [1.29, 1.82) is 0 Å². The van der Waals surface area contributed by atoms with Crippen molar-refractivity contribution in [3.8, 4) is 0 Å². The van der Waals surface area contributed by atoms with Crippen molar-refractivity contribution in [2.24, 2.45) is 11.8 Å². The molecule has 2 aromatic carbocycles. The molecule has 4 rings (SSSR count). The number of nitrogens with zero attached hydrogens (tertiary/aromatic N) is 2. The first-order valence-corrected chi connectivity index (χ1v) is 13.3. The van der Waals surface area contributed by atoms with Crippen LogP contribution in [0.15, 0.2) is 60.7 Å². The normalized spacial score (nSPS) is 16.6. The number of benzene rings is 2. The Balaban J connectivity index is 1.44. The zero-order valence-electron chi connectivity index (χ0n) is 20.5. The standard InChI is InChI=1S/C30H40N2O2/c33-29(21-25-11-7-8-12-25)31(23-27-15-3-1-4-16-27)19-20-32(24-28-17-5-2-6-18-28)30(34)22-26-13-9-10-14-26/h1-6,15-18,25-26H,7-14,19-24H2. The maximum atomic E-state index is 13.3. The minimum atomic E-state index is 0.235. The van der Waals surface area contributed by atoms with Crippen molar-refractivity contribution in [3.05, 3.63) is 71.8 Å². The summed E-state index contributed by atoms with van der Waals surface area (Å²) in [7, 11) is 0. The van der Waals surface area contributed by atoms with E-state index in [1.54, 1.807) is 0 Å². The summed E-state index contributed by atoms with van der Waals surface area (Å²) in [5.74, 6) is 1.52. The van der Waals surface area contributed by atoms with Gasteiger partial charge in [0, 0.05) is 39.0 Å². The summed E-state index contributed by atoms with van der Waals surface area (Å²) in [6.07, 6.45) is 11.0. The van der Waals surface area contributed by atoms with E-state index in [2.05, 4.69) is 24.3 Å². The number of rotatable bonds is 11. The Hall–Kier alpha value is -2.62. The van der Waals surface area contributed by atoms with Crippen molar-refractivity contribution < 1.29 is 9.59 Å². The fraction of sp³-hybridized carbons (Fsp3) is 0.533. The largest absolute Gasteiger partial charge is 0.337 e. The van der Waals surface area contributed by atoms with Gasteiger partial charge in [0.25, 0.3) is 0 Å². The average Bonchev–Trinajstić information content (AvgIpc) is 3.56. The van der Waals surface area contributed by atoms with E-state index in [0.29, 0.717) is 50.9 Å². The molecule has 0 radical (unpaired) electrons. The fourth-order valence-corrected chi connectivity index (χ4v) is 5.61. The predicted octanol–water partition coefficient (Wildman–Crippen LogP) is 6.20. The van der Waals surface area contributed by atoms with E-state index in [1.807, 2.05) is 46.2 Å². The lowest BCUT2D eigenvalue weighted by Gasteiger charge is -2.30. The second-order valence-corrected chi connectivity index (χ2v) is 10.3. The smallest absolute Gasteiger partial charge is 0.223 e. The van der Waals surface area contributed by atoms with Crippen LogP contribution < -0.4 is 0 Å². The molecule has 0 aromatic heterocycles. The van der Waals surface area contributed by atoms with Crippen LogP contribution in [0, 0.1) is 11.8 Å². The van der Waals surface area contributed by atoms with Crippen LogP contribution in [0.5, 0.6) is 0 Å². The Morgan fingerprint density at radius 3 is 1.29 bits per heavy atom. The molecule has 2 aliphatic rings. The number of carbonyl (C=O) groups excluding carboxylic acids is 2. The Kier molecular flexibility index (Phi) is 9.18. The van der Waals surface area contributed by atoms with Crippen molar-refractivity contribution in [1.82, 2.24) is 9.80 Å². The van der Waals surface area contributed by atoms with Gasteiger partial charge in [-0.3, -0.25) is 9.59 Å². The van der Waals surface area contributed by atoms with Gasteiger partial charge in [0.2, 0.25) is 11.8 Å². The monoisotopic (exact) mass is 460 g/mol. The lowest BCUT2D eigenvalue weighted by molar-refractivity contribution is -0.137. The highest BCUT2D eigenvalue weighted by molar-refractivity contribution is 5.78. The summed E-state index contributed by atoms with van der Waals surface area (Å²) in [6.45, 7) is 2.40. The van der Waals surface area contributed by atoms with Gasteiger partial charge in [0.1, 0.15) is 0 Å². The summed E-state index contributed by atoms with van der Waals surface area (Å²) in [4.78, 5) is 30.7. The first-order valence-electron chi connectivity index (χ1n) is 13.3. The average molecular weight is 461 g/mol. The molecule has 0 spiro atoms. The van der Waals surface area contributed by atoms with Crippen LogP contribution in [0.1, 0.15) is 75.3 Å². The van der Waals surface area contributed by atoms with Gasteiger partial charge < -0.3 is 9.80 Å². The van der Waals surface area contributed by atoms with Crippen LogP contribution in [0.2, 0.25) is 0 Å². The van der Waals surface area contributed by atoms with Gasteiger partial charge in [-0.1, -0.05) is 86.3 Å². The van der Waals surface area contributed by atoms with Gasteiger partial charge in [0.05, 0.1) is 0 Å². The molecular weight excluding hydrogens is 420 g/mol. The van der Waals surface area contributed by atoms with Gasteiger partial charge in [0.15, 0.2) is 0 Å². The zero-order chi connectivity index (χ0) is 23.6. The third kappa shape index (κ3) is 7.44. The number of hydrogen-bond donors (Lipinski definition) is 0. The molecule has 2 saturated carbocycles. The highest BCUT2D eigenvalue weighted by Crippen LogP contribution is 2.29. The Morgan fingerprint density at radius 1 is 0.588 bits per heavy atom. The zero-order valence-corrected chi connectivity index (χ0v) is 20.5. The van der Waals surface area contributed by atoms with Gasteiger partial charge in [-0.05, 0) is 48.6 Å². The molecule has 0 atom stereocenters. The van der Waals surface area contributed by atoms with Crippen molar-refractivity contribution >= 4 is 11.8 Å². The van der Waals surface area contributed by atoms with E-state index in [1.165, 1.54) is 51.4 Å². The molecule has 34 heavy (non-hydrogen) atoms. The summed E-state index contributed by atoms with van der Waals surface area (Å²) < 4.78 is 0. The molecule has 0 unspecified atom stereocenters. The van der Waals surface area contributed by atoms with E-state index < -0.39 is 0 Å². The minimum Gasteiger partial charge on any atom is -0.337 e. The summed E-state index contributed by atoms with van der Waals surface area (Å²) in [5.41, 5.74) is 2.29. The maximum Gasteiger partial charge on any atom is 0.223 e. The van der Waals surface area contributed by atoms with Crippen LogP contribution in [-0.4, -0.2) is 34.7 Å². The van der Waals surface area contributed by atoms with Crippen molar-refractivity contribution in [2.45, 2.75) is 77.3 Å². The van der Waals surface area contributed by atoms with E-state index in [9.17, 15) is 9.59 Å². The topological polar surface area (TPSA) is 40.6 Å². The quantitative estimate of drug-likeness (QED) is 0.400. The van der Waals surface area contributed by atoms with Gasteiger partial charge in [-0.2, -0.15) is 0 Å². The molecule has 182 valence electrons. The summed E-state index contributed by atoms with van der Waals surface area (Å²) >= 11 is 0. The van der Waals surface area contributed by atoms with Crippen LogP contribution in [0.25, 0.3) is 0 Å². The molecule has 2 aliphatic carbocycles. The van der Waals surface area contributed by atoms with Crippen LogP contribution >= 0.6 is 0 Å². The molecule has 2 fully saturated rings. The molecule has 2 amide bonds. The predicted molar refractivity (Wildman–Crippen MR) is 137 cm³/mol. The highest BCUT2D eigenvalue weighted by atomic mass is 16.2. The second kappa shape index (κ2) is 12.7. The third-order valence-electron chi connectivity index (χ3n) is 7.65. The molecule has 4 nitrogen and oxygen atoms in total. The van der Waals surface area contributed by atoms with Crippen molar-refractivity contribution in [2.75, 3.05) is 13.1 Å². The molecule has 0 aliphatic heterocycles. The lowest BCUT2D eigenvalue weighted by Crippen LogP contribution is -2.41. The van der Waals surface area contributed by atoms with Crippen LogP contribution in [-0.2, 0) is 22.7 Å². The molecule has 4 heteroatoms. The fourth-order valence-electron chi connectivity index (χ4n) is 5.61. The molecule has 2 aromatic rings. The summed E-state index contributed by atoms with van der Waals surface area (Å²) in [6, 6.07) is 20.5. The summed E-state index contributed by atoms with van der Waals surface area (Å²) in [5, 5.41) is 0. The molecule has 0 saturated heterocycles.